The Labute approximate surface area is 211 Å². The molecule has 186 valence electrons. The van der Waals surface area contributed by atoms with Gasteiger partial charge in [0, 0.05) is 23.6 Å². The van der Waals surface area contributed by atoms with Crippen molar-refractivity contribution < 1.29 is 13.2 Å². The van der Waals surface area contributed by atoms with E-state index >= 15 is 0 Å². The molecule has 1 N–H and O–H groups in total. The van der Waals surface area contributed by atoms with Crippen molar-refractivity contribution in [1.29, 1.82) is 5.41 Å². The number of rotatable bonds is 7. The molecular weight excluding hydrogens is 489 g/mol. The number of hydrogen-bond acceptors (Lipinski definition) is 3. The van der Waals surface area contributed by atoms with Gasteiger partial charge in [-0.2, -0.15) is 0 Å². The Kier molecular flexibility index (Phi) is 7.17. The van der Waals surface area contributed by atoms with Crippen molar-refractivity contribution in [1.82, 2.24) is 14.1 Å². The van der Waals surface area contributed by atoms with E-state index in [9.17, 15) is 18.0 Å². The van der Waals surface area contributed by atoms with Crippen LogP contribution >= 0.6 is 11.6 Å². The first kappa shape index (κ1) is 25.4. The van der Waals surface area contributed by atoms with E-state index in [1.807, 2.05) is 37.6 Å². The Balaban J connectivity index is 1.78. The minimum absolute atomic E-state index is 0.0392. The Morgan fingerprint density at radius 1 is 1.08 bits per heavy atom. The number of benzene rings is 2. The lowest BCUT2D eigenvalue weighted by molar-refractivity contribution is 0.437. The molecule has 0 spiro atoms. The minimum atomic E-state index is -1.57. The Morgan fingerprint density at radius 3 is 2.36 bits per heavy atom. The summed E-state index contributed by atoms with van der Waals surface area (Å²) in [5.74, 6) is -4.24. The molecule has 0 radical (unpaired) electrons. The molecule has 2 aromatic carbocycles. The third kappa shape index (κ3) is 4.86. The number of hydrogen-bond donors (Lipinski definition) is 1. The number of aryl methyl sites for hydroxylation is 2. The summed E-state index contributed by atoms with van der Waals surface area (Å²) >= 11 is 6.34. The van der Waals surface area contributed by atoms with Gasteiger partial charge in [0.05, 0.1) is 34.4 Å². The first-order chi connectivity index (χ1) is 17.1. The van der Waals surface area contributed by atoms with E-state index in [2.05, 4.69) is 4.98 Å². The van der Waals surface area contributed by atoms with Gasteiger partial charge in [0.1, 0.15) is 0 Å². The third-order valence-corrected chi connectivity index (χ3v) is 6.25. The number of aromatic nitrogens is 3. The summed E-state index contributed by atoms with van der Waals surface area (Å²) in [6.07, 6.45) is 5.88. The quantitative estimate of drug-likeness (QED) is 0.226. The van der Waals surface area contributed by atoms with E-state index in [1.165, 1.54) is 16.8 Å². The minimum Gasteiger partial charge on any atom is -0.306 e. The fourth-order valence-corrected chi connectivity index (χ4v) is 4.51. The van der Waals surface area contributed by atoms with Gasteiger partial charge in [-0.1, -0.05) is 31.0 Å². The van der Waals surface area contributed by atoms with Crippen molar-refractivity contribution in [2.45, 2.75) is 39.7 Å². The molecule has 0 fully saturated rings. The molecule has 4 rings (SSSR count). The van der Waals surface area contributed by atoms with E-state index in [-0.39, 0.29) is 21.9 Å². The highest BCUT2D eigenvalue weighted by Crippen LogP contribution is 2.27. The maximum Gasteiger partial charge on any atom is 0.260 e. The van der Waals surface area contributed by atoms with Gasteiger partial charge in [-0.15, -0.1) is 0 Å². The van der Waals surface area contributed by atoms with E-state index in [1.54, 1.807) is 18.5 Å². The number of nitrogens with zero attached hydrogens (tertiary/aromatic N) is 3. The van der Waals surface area contributed by atoms with Gasteiger partial charge in [0.15, 0.2) is 17.5 Å². The average Bonchev–Trinajstić information content (AvgIpc) is 3.27. The number of halogens is 4. The summed E-state index contributed by atoms with van der Waals surface area (Å²) in [5, 5.41) is 8.95. The molecule has 0 amide bonds. The van der Waals surface area contributed by atoms with E-state index in [0.29, 0.717) is 18.4 Å². The molecule has 1 atom stereocenters. The van der Waals surface area contributed by atoms with Gasteiger partial charge in [-0.25, -0.2) is 18.2 Å². The molecule has 2 aromatic heterocycles. The molecule has 0 saturated heterocycles. The van der Waals surface area contributed by atoms with Crippen molar-refractivity contribution >= 4 is 17.3 Å². The normalized spacial score (nSPS) is 12.1. The molecule has 5 nitrogen and oxygen atoms in total. The lowest BCUT2D eigenvalue weighted by Crippen LogP contribution is -2.30. The van der Waals surface area contributed by atoms with Crippen molar-refractivity contribution in [2.24, 2.45) is 0 Å². The summed E-state index contributed by atoms with van der Waals surface area (Å²) < 4.78 is 44.7. The summed E-state index contributed by atoms with van der Waals surface area (Å²) in [7, 11) is 0. The summed E-state index contributed by atoms with van der Waals surface area (Å²) in [6, 6.07) is 7.75. The predicted molar refractivity (Wildman–Crippen MR) is 134 cm³/mol. The molecule has 36 heavy (non-hydrogen) atoms. The fourth-order valence-electron chi connectivity index (χ4n) is 4.29. The standard InChI is InChI=1S/C27H24ClF3N4O/c1-4-5-24(18-9-21(29)25(31)22(30)10-18)35-13-19(28)11-20(27(35)36)26(32)17-6-7-23(15(2)8-17)34-12-16(3)33-14-34/h6-14,24,32H,4-5H2,1-3H3. The lowest BCUT2D eigenvalue weighted by atomic mass is 9.98. The van der Waals surface area contributed by atoms with Gasteiger partial charge in [0.2, 0.25) is 0 Å². The molecule has 0 aliphatic carbocycles. The first-order valence-corrected chi connectivity index (χ1v) is 11.8. The summed E-state index contributed by atoms with van der Waals surface area (Å²) in [4.78, 5) is 17.8. The van der Waals surface area contributed by atoms with Crippen molar-refractivity contribution in [2.75, 3.05) is 0 Å². The predicted octanol–water partition coefficient (Wildman–Crippen LogP) is 6.53. The highest BCUT2D eigenvalue weighted by molar-refractivity contribution is 6.31. The van der Waals surface area contributed by atoms with Gasteiger partial charge in [-0.3, -0.25) is 10.2 Å². The van der Waals surface area contributed by atoms with Crippen LogP contribution in [0.2, 0.25) is 5.02 Å². The molecule has 4 aromatic rings. The van der Waals surface area contributed by atoms with Crippen LogP contribution in [0.5, 0.6) is 0 Å². The molecule has 2 heterocycles. The topological polar surface area (TPSA) is 63.7 Å². The molecule has 9 heteroatoms. The lowest BCUT2D eigenvalue weighted by Gasteiger charge is -2.22. The molecule has 0 bridgehead atoms. The number of pyridine rings is 1. The van der Waals surface area contributed by atoms with Crippen LogP contribution in [0.3, 0.4) is 0 Å². The van der Waals surface area contributed by atoms with Crippen LogP contribution in [0, 0.1) is 36.7 Å². The second kappa shape index (κ2) is 10.1. The third-order valence-electron chi connectivity index (χ3n) is 6.04. The van der Waals surface area contributed by atoms with Crippen LogP contribution < -0.4 is 5.56 Å². The molecule has 0 saturated carbocycles. The Bertz CT molecular complexity index is 1500. The second-order valence-electron chi connectivity index (χ2n) is 8.69. The second-order valence-corrected chi connectivity index (χ2v) is 9.12. The smallest absolute Gasteiger partial charge is 0.260 e. The zero-order chi connectivity index (χ0) is 26.1. The van der Waals surface area contributed by atoms with Crippen molar-refractivity contribution in [3.05, 3.63) is 116 Å². The largest absolute Gasteiger partial charge is 0.306 e. The van der Waals surface area contributed by atoms with Crippen LogP contribution in [0.25, 0.3) is 5.69 Å². The van der Waals surface area contributed by atoms with E-state index in [0.717, 1.165) is 29.1 Å². The van der Waals surface area contributed by atoms with E-state index < -0.39 is 29.1 Å². The van der Waals surface area contributed by atoms with Crippen LogP contribution in [-0.2, 0) is 0 Å². The van der Waals surface area contributed by atoms with Gasteiger partial charge < -0.3 is 9.13 Å². The highest BCUT2D eigenvalue weighted by Gasteiger charge is 2.22. The van der Waals surface area contributed by atoms with Crippen molar-refractivity contribution in [3.63, 3.8) is 0 Å². The first-order valence-electron chi connectivity index (χ1n) is 11.4. The number of nitrogens with one attached hydrogen (secondary N) is 1. The summed E-state index contributed by atoms with van der Waals surface area (Å²) in [5.41, 5.74) is 2.69. The Hall–Kier alpha value is -3.65. The van der Waals surface area contributed by atoms with Crippen LogP contribution in [0.4, 0.5) is 13.2 Å². The van der Waals surface area contributed by atoms with Crippen LogP contribution in [-0.4, -0.2) is 19.8 Å². The molecular formula is C27H24ClF3N4O. The summed E-state index contributed by atoms with van der Waals surface area (Å²) in [6.45, 7) is 5.64. The van der Waals surface area contributed by atoms with Crippen molar-refractivity contribution in [3.8, 4) is 5.69 Å². The van der Waals surface area contributed by atoms with Gasteiger partial charge >= 0.3 is 0 Å². The highest BCUT2D eigenvalue weighted by atomic mass is 35.5. The maximum absolute atomic E-state index is 14.0. The zero-order valence-electron chi connectivity index (χ0n) is 19.9. The monoisotopic (exact) mass is 512 g/mol. The van der Waals surface area contributed by atoms with Gasteiger partial charge in [0.25, 0.3) is 5.56 Å². The maximum atomic E-state index is 14.0. The zero-order valence-corrected chi connectivity index (χ0v) is 20.7. The van der Waals surface area contributed by atoms with Crippen LogP contribution in [0.1, 0.15) is 53.8 Å². The Morgan fingerprint density at radius 2 is 1.78 bits per heavy atom. The SMILES string of the molecule is CCCC(c1cc(F)c(F)c(F)c1)n1cc(Cl)cc(C(=N)c2ccc(-n3cnc(C)c3)c(C)c2)c1=O. The molecule has 0 aliphatic rings. The number of imidazole rings is 1. The molecule has 0 aliphatic heterocycles. The van der Waals surface area contributed by atoms with Gasteiger partial charge in [-0.05, 0) is 61.7 Å². The van der Waals surface area contributed by atoms with Crippen LogP contribution in [0.15, 0.2) is 59.9 Å². The molecule has 1 unspecified atom stereocenters. The average molecular weight is 513 g/mol. The van der Waals surface area contributed by atoms with E-state index in [4.69, 9.17) is 17.0 Å². The fraction of sp³-hybridized carbons (Fsp3) is 0.222.